The Balaban J connectivity index is 2.46. The van der Waals surface area contributed by atoms with Gasteiger partial charge < -0.3 is 19.8 Å². The number of nitrogens with one attached hydrogen (secondary N) is 1. The van der Waals surface area contributed by atoms with Crippen LogP contribution in [0.15, 0.2) is 4.79 Å². The van der Waals surface area contributed by atoms with Crippen molar-refractivity contribution in [2.24, 2.45) is 0 Å². The number of ether oxygens (including phenoxy) is 1. The van der Waals surface area contributed by atoms with E-state index in [0.29, 0.717) is 30.9 Å². The van der Waals surface area contributed by atoms with Crippen LogP contribution in [0, 0.1) is 18.3 Å². The van der Waals surface area contributed by atoms with Crippen LogP contribution in [0.5, 0.6) is 5.88 Å². The highest BCUT2D eigenvalue weighted by Gasteiger charge is 2.23. The molecule has 1 aromatic heterocycles. The SMILES string of the molecule is Cc1c(C[NH+]2CCOCC2)c(O)n(CCO)c(=O)c1C#N. The molecule has 0 unspecified atom stereocenters. The van der Waals surface area contributed by atoms with Gasteiger partial charge in [-0.3, -0.25) is 9.36 Å². The summed E-state index contributed by atoms with van der Waals surface area (Å²) in [6.07, 6.45) is 0. The van der Waals surface area contributed by atoms with Gasteiger partial charge in [-0.25, -0.2) is 0 Å². The van der Waals surface area contributed by atoms with Crippen molar-refractivity contribution in [1.29, 1.82) is 5.26 Å². The maximum Gasteiger partial charge on any atom is 0.271 e. The number of nitrogens with zero attached hydrogens (tertiary/aromatic N) is 2. The summed E-state index contributed by atoms with van der Waals surface area (Å²) in [5, 5.41) is 28.5. The lowest BCUT2D eigenvalue weighted by Crippen LogP contribution is -3.12. The van der Waals surface area contributed by atoms with Crippen molar-refractivity contribution in [1.82, 2.24) is 4.57 Å². The first-order valence-corrected chi connectivity index (χ1v) is 6.97. The van der Waals surface area contributed by atoms with Gasteiger partial charge in [0.25, 0.3) is 5.56 Å². The van der Waals surface area contributed by atoms with Crippen LogP contribution in [0.2, 0.25) is 0 Å². The second-order valence-electron chi connectivity index (χ2n) is 5.13. The van der Waals surface area contributed by atoms with Crippen LogP contribution in [-0.4, -0.2) is 47.7 Å². The molecule has 1 aliphatic heterocycles. The van der Waals surface area contributed by atoms with Gasteiger partial charge >= 0.3 is 0 Å². The van der Waals surface area contributed by atoms with Gasteiger partial charge in [-0.2, -0.15) is 5.26 Å². The van der Waals surface area contributed by atoms with Crippen LogP contribution in [0.4, 0.5) is 0 Å². The molecule has 1 aliphatic rings. The predicted molar refractivity (Wildman–Crippen MR) is 74.1 cm³/mol. The van der Waals surface area contributed by atoms with Gasteiger partial charge in [0, 0.05) is 0 Å². The van der Waals surface area contributed by atoms with Crippen molar-refractivity contribution < 1.29 is 19.8 Å². The third kappa shape index (κ3) is 3.08. The molecule has 2 heterocycles. The molecule has 7 nitrogen and oxygen atoms in total. The first kappa shape index (κ1) is 15.5. The predicted octanol–water partition coefficient (Wildman–Crippen LogP) is -1.86. The normalized spacial score (nSPS) is 15.9. The molecule has 114 valence electrons. The molecular weight excluding hydrogens is 274 g/mol. The highest BCUT2D eigenvalue weighted by atomic mass is 16.5. The Hall–Kier alpha value is -1.88. The maximum atomic E-state index is 12.1. The summed E-state index contributed by atoms with van der Waals surface area (Å²) in [5.41, 5.74) is 0.593. The van der Waals surface area contributed by atoms with Gasteiger partial charge in [0.1, 0.15) is 31.3 Å². The number of nitriles is 1. The molecule has 0 aliphatic carbocycles. The van der Waals surface area contributed by atoms with Crippen molar-refractivity contribution in [2.75, 3.05) is 32.9 Å². The van der Waals surface area contributed by atoms with Crippen LogP contribution in [0.3, 0.4) is 0 Å². The lowest BCUT2D eigenvalue weighted by Gasteiger charge is -2.25. The van der Waals surface area contributed by atoms with E-state index in [2.05, 4.69) is 0 Å². The van der Waals surface area contributed by atoms with Crippen LogP contribution in [-0.2, 0) is 17.8 Å². The van der Waals surface area contributed by atoms with E-state index in [0.717, 1.165) is 17.7 Å². The number of pyridine rings is 1. The molecule has 1 aromatic rings. The average molecular weight is 294 g/mol. The number of quaternary nitrogens is 1. The fourth-order valence-corrected chi connectivity index (χ4v) is 2.61. The number of aliphatic hydroxyl groups excluding tert-OH is 1. The average Bonchev–Trinajstić information content (AvgIpc) is 2.50. The Labute approximate surface area is 122 Å². The van der Waals surface area contributed by atoms with E-state index in [4.69, 9.17) is 9.84 Å². The number of rotatable bonds is 4. The second-order valence-corrected chi connectivity index (χ2v) is 5.13. The minimum absolute atomic E-state index is 0.0227. The largest absolute Gasteiger partial charge is 0.494 e. The molecule has 3 N–H and O–H groups in total. The van der Waals surface area contributed by atoms with Gasteiger partial charge in [-0.1, -0.05) is 0 Å². The molecule has 0 saturated carbocycles. The quantitative estimate of drug-likeness (QED) is 0.605. The number of aromatic hydroxyl groups is 1. The number of aliphatic hydroxyl groups is 1. The van der Waals surface area contributed by atoms with E-state index < -0.39 is 5.56 Å². The molecule has 21 heavy (non-hydrogen) atoms. The summed E-state index contributed by atoms with van der Waals surface area (Å²) in [4.78, 5) is 13.4. The standard InChI is InChI=1S/C14H19N3O4/c1-10-11(8-15)13(19)17(2-5-18)14(20)12(10)9-16-3-6-21-7-4-16/h18,20H,2-7,9H2,1H3/p+1. The van der Waals surface area contributed by atoms with E-state index in [-0.39, 0.29) is 24.6 Å². The number of hydrogen-bond donors (Lipinski definition) is 3. The third-order valence-electron chi connectivity index (χ3n) is 3.87. The fourth-order valence-electron chi connectivity index (χ4n) is 2.61. The fraction of sp³-hybridized carbons (Fsp3) is 0.571. The molecule has 0 radical (unpaired) electrons. The van der Waals surface area contributed by atoms with Crippen LogP contribution < -0.4 is 10.5 Å². The molecule has 0 atom stereocenters. The van der Waals surface area contributed by atoms with Crippen molar-refractivity contribution in [2.45, 2.75) is 20.0 Å². The molecule has 0 bridgehead atoms. The topological polar surface area (TPSA) is 99.9 Å². The monoisotopic (exact) mass is 294 g/mol. The number of morpholine rings is 1. The molecule has 0 aromatic carbocycles. The van der Waals surface area contributed by atoms with E-state index in [9.17, 15) is 15.2 Å². The third-order valence-corrected chi connectivity index (χ3v) is 3.87. The lowest BCUT2D eigenvalue weighted by atomic mass is 10.0. The minimum atomic E-state index is -0.553. The summed E-state index contributed by atoms with van der Waals surface area (Å²) in [6, 6.07) is 1.91. The van der Waals surface area contributed by atoms with E-state index in [1.165, 1.54) is 4.90 Å². The van der Waals surface area contributed by atoms with Crippen molar-refractivity contribution in [3.05, 3.63) is 27.0 Å². The van der Waals surface area contributed by atoms with Gasteiger partial charge in [-0.05, 0) is 12.5 Å². The summed E-state index contributed by atoms with van der Waals surface area (Å²) in [5.74, 6) is -0.149. The number of aromatic nitrogens is 1. The van der Waals surface area contributed by atoms with Gasteiger partial charge in [0.15, 0.2) is 0 Å². The summed E-state index contributed by atoms with van der Waals surface area (Å²) >= 11 is 0. The Morgan fingerprint density at radius 1 is 1.43 bits per heavy atom. The molecule has 0 amide bonds. The van der Waals surface area contributed by atoms with Crippen molar-refractivity contribution in [3.63, 3.8) is 0 Å². The zero-order chi connectivity index (χ0) is 15.4. The van der Waals surface area contributed by atoms with Gasteiger partial charge in [0.05, 0.1) is 31.9 Å². The van der Waals surface area contributed by atoms with E-state index in [1.54, 1.807) is 6.92 Å². The van der Waals surface area contributed by atoms with E-state index >= 15 is 0 Å². The molecule has 0 spiro atoms. The molecule has 7 heteroatoms. The Morgan fingerprint density at radius 2 is 2.10 bits per heavy atom. The Morgan fingerprint density at radius 3 is 2.67 bits per heavy atom. The minimum Gasteiger partial charge on any atom is -0.494 e. The summed E-state index contributed by atoms with van der Waals surface area (Å²) in [7, 11) is 0. The smallest absolute Gasteiger partial charge is 0.271 e. The first-order chi connectivity index (χ1) is 10.1. The highest BCUT2D eigenvalue weighted by Crippen LogP contribution is 2.20. The summed E-state index contributed by atoms with van der Waals surface area (Å²) in [6.45, 7) is 4.88. The Kier molecular flexibility index (Phi) is 4.96. The van der Waals surface area contributed by atoms with Crippen molar-refractivity contribution in [3.8, 4) is 11.9 Å². The molecule has 1 fully saturated rings. The summed E-state index contributed by atoms with van der Waals surface area (Å²) < 4.78 is 6.37. The van der Waals surface area contributed by atoms with Crippen LogP contribution in [0.25, 0.3) is 0 Å². The van der Waals surface area contributed by atoms with Crippen LogP contribution >= 0.6 is 0 Å². The molecule has 1 saturated heterocycles. The van der Waals surface area contributed by atoms with E-state index in [1.807, 2.05) is 6.07 Å². The second kappa shape index (κ2) is 6.72. The zero-order valence-corrected chi connectivity index (χ0v) is 12.1. The van der Waals surface area contributed by atoms with Crippen molar-refractivity contribution >= 4 is 0 Å². The first-order valence-electron chi connectivity index (χ1n) is 6.97. The van der Waals surface area contributed by atoms with Gasteiger partial charge in [-0.15, -0.1) is 0 Å². The van der Waals surface area contributed by atoms with Crippen LogP contribution in [0.1, 0.15) is 16.7 Å². The number of hydrogen-bond acceptors (Lipinski definition) is 5. The highest BCUT2D eigenvalue weighted by molar-refractivity contribution is 5.44. The maximum absolute atomic E-state index is 12.1. The Bertz CT molecular complexity index is 612. The zero-order valence-electron chi connectivity index (χ0n) is 12.1. The molecule has 2 rings (SSSR count). The lowest BCUT2D eigenvalue weighted by molar-refractivity contribution is -0.921. The molecular formula is C14H20N3O4+. The van der Waals surface area contributed by atoms with Gasteiger partial charge in [0.2, 0.25) is 5.88 Å².